The molecule has 6 rings (SSSR count). The van der Waals surface area contributed by atoms with Gasteiger partial charge in [0, 0.05) is 29.7 Å². The normalized spacial score (nSPS) is 11.7. The molecule has 9 nitrogen and oxygen atoms in total. The third-order valence-electron chi connectivity index (χ3n) is 4.45. The standard InChI is InChI=1S/C18H11N9/c1-4-19-9-14-13(1)21-17(22-14)11-3-6-27-15(7-11)23-18(25-27)12-2-5-26-10-20-24-16(26)8-12/h1-10H,(H,21,22). The summed E-state index contributed by atoms with van der Waals surface area (Å²) in [5, 5.41) is 12.5. The zero-order valence-corrected chi connectivity index (χ0v) is 13.9. The van der Waals surface area contributed by atoms with Crippen LogP contribution in [0.3, 0.4) is 0 Å². The minimum absolute atomic E-state index is 0.631. The van der Waals surface area contributed by atoms with Crippen LogP contribution in [0.2, 0.25) is 0 Å². The molecule has 0 unspecified atom stereocenters. The molecule has 128 valence electrons. The number of hydrogen-bond donors (Lipinski definition) is 1. The third-order valence-corrected chi connectivity index (χ3v) is 4.45. The van der Waals surface area contributed by atoms with E-state index >= 15 is 0 Å². The van der Waals surface area contributed by atoms with Crippen LogP contribution >= 0.6 is 0 Å². The molecule has 0 fully saturated rings. The molecule has 0 spiro atoms. The van der Waals surface area contributed by atoms with E-state index < -0.39 is 0 Å². The maximum Gasteiger partial charge on any atom is 0.182 e. The van der Waals surface area contributed by atoms with Gasteiger partial charge < -0.3 is 4.98 Å². The Morgan fingerprint density at radius 2 is 1.85 bits per heavy atom. The molecule has 0 aliphatic heterocycles. The highest BCUT2D eigenvalue weighted by atomic mass is 15.3. The molecule has 0 amide bonds. The van der Waals surface area contributed by atoms with Crippen LogP contribution in [0.1, 0.15) is 0 Å². The van der Waals surface area contributed by atoms with Gasteiger partial charge in [-0.1, -0.05) is 0 Å². The van der Waals surface area contributed by atoms with Crippen molar-refractivity contribution in [3.05, 3.63) is 61.4 Å². The number of pyridine rings is 3. The highest BCUT2D eigenvalue weighted by Gasteiger charge is 2.11. The molecule has 9 heteroatoms. The minimum Gasteiger partial charge on any atom is -0.337 e. The van der Waals surface area contributed by atoms with E-state index in [1.807, 2.05) is 47.1 Å². The number of aromatic amines is 1. The van der Waals surface area contributed by atoms with Gasteiger partial charge in [-0.3, -0.25) is 9.38 Å². The summed E-state index contributed by atoms with van der Waals surface area (Å²) in [6, 6.07) is 9.65. The van der Waals surface area contributed by atoms with Crippen molar-refractivity contribution in [2.24, 2.45) is 0 Å². The lowest BCUT2D eigenvalue weighted by Gasteiger charge is -1.96. The number of nitrogens with zero attached hydrogens (tertiary/aromatic N) is 8. The Morgan fingerprint density at radius 3 is 2.81 bits per heavy atom. The van der Waals surface area contributed by atoms with Crippen molar-refractivity contribution in [3.8, 4) is 22.8 Å². The smallest absolute Gasteiger partial charge is 0.182 e. The number of aromatic nitrogens is 9. The molecule has 6 aromatic rings. The van der Waals surface area contributed by atoms with Crippen molar-refractivity contribution >= 4 is 22.3 Å². The predicted octanol–water partition coefficient (Wildman–Crippen LogP) is 2.38. The quantitative estimate of drug-likeness (QED) is 0.513. The highest BCUT2D eigenvalue weighted by molar-refractivity contribution is 5.79. The molecular formula is C18H11N9. The van der Waals surface area contributed by atoms with Crippen LogP contribution in [-0.4, -0.2) is 44.1 Å². The second kappa shape index (κ2) is 5.18. The topological polar surface area (TPSA) is 102 Å². The van der Waals surface area contributed by atoms with E-state index in [1.54, 1.807) is 23.2 Å². The summed E-state index contributed by atoms with van der Waals surface area (Å²) in [6.45, 7) is 0. The van der Waals surface area contributed by atoms with Crippen LogP contribution in [0.5, 0.6) is 0 Å². The Morgan fingerprint density at radius 1 is 0.926 bits per heavy atom. The zero-order valence-electron chi connectivity index (χ0n) is 13.9. The van der Waals surface area contributed by atoms with Crippen LogP contribution in [0.15, 0.2) is 61.4 Å². The Hall–Kier alpha value is -4.14. The second-order valence-electron chi connectivity index (χ2n) is 6.14. The fourth-order valence-corrected chi connectivity index (χ4v) is 3.10. The summed E-state index contributed by atoms with van der Waals surface area (Å²) in [4.78, 5) is 16.7. The largest absolute Gasteiger partial charge is 0.337 e. The summed E-state index contributed by atoms with van der Waals surface area (Å²) in [6.07, 6.45) is 8.92. The number of H-pyrrole nitrogens is 1. The van der Waals surface area contributed by atoms with E-state index in [4.69, 9.17) is 0 Å². The first kappa shape index (κ1) is 14.1. The first-order valence-electron chi connectivity index (χ1n) is 8.30. The number of hydrogen-bond acceptors (Lipinski definition) is 6. The first-order chi connectivity index (χ1) is 13.3. The molecule has 0 atom stereocenters. The van der Waals surface area contributed by atoms with Gasteiger partial charge in [-0.15, -0.1) is 15.3 Å². The van der Waals surface area contributed by atoms with Gasteiger partial charge in [0.1, 0.15) is 12.2 Å². The molecule has 0 bridgehead atoms. The molecule has 6 heterocycles. The van der Waals surface area contributed by atoms with E-state index in [-0.39, 0.29) is 0 Å². The number of nitrogens with one attached hydrogen (secondary N) is 1. The van der Waals surface area contributed by atoms with Crippen LogP contribution in [0.25, 0.3) is 45.1 Å². The monoisotopic (exact) mass is 353 g/mol. The van der Waals surface area contributed by atoms with Gasteiger partial charge in [-0.05, 0) is 30.3 Å². The molecule has 0 radical (unpaired) electrons. The van der Waals surface area contributed by atoms with E-state index in [1.165, 1.54) is 0 Å². The van der Waals surface area contributed by atoms with Crippen LogP contribution in [0, 0.1) is 0 Å². The lowest BCUT2D eigenvalue weighted by Crippen LogP contribution is -1.89. The molecular weight excluding hydrogens is 342 g/mol. The van der Waals surface area contributed by atoms with E-state index in [0.717, 1.165) is 39.3 Å². The Balaban J connectivity index is 1.46. The number of rotatable bonds is 2. The second-order valence-corrected chi connectivity index (χ2v) is 6.14. The molecule has 0 aliphatic rings. The predicted molar refractivity (Wildman–Crippen MR) is 97.9 cm³/mol. The van der Waals surface area contributed by atoms with E-state index in [0.29, 0.717) is 5.82 Å². The van der Waals surface area contributed by atoms with Gasteiger partial charge in [0.25, 0.3) is 0 Å². The van der Waals surface area contributed by atoms with Crippen molar-refractivity contribution in [2.45, 2.75) is 0 Å². The zero-order chi connectivity index (χ0) is 17.8. The van der Waals surface area contributed by atoms with E-state index in [9.17, 15) is 0 Å². The van der Waals surface area contributed by atoms with Gasteiger partial charge in [-0.25, -0.2) is 14.5 Å². The Labute approximate surface area is 151 Å². The SMILES string of the molecule is c1cc2nc(-c3ccn4nc(-c5ccn6cnnc6c5)nc4c3)[nH]c2cn1. The van der Waals surface area contributed by atoms with Crippen molar-refractivity contribution < 1.29 is 0 Å². The highest BCUT2D eigenvalue weighted by Crippen LogP contribution is 2.23. The van der Waals surface area contributed by atoms with Crippen molar-refractivity contribution in [3.63, 3.8) is 0 Å². The van der Waals surface area contributed by atoms with Crippen LogP contribution < -0.4 is 0 Å². The van der Waals surface area contributed by atoms with Gasteiger partial charge in [0.15, 0.2) is 17.1 Å². The van der Waals surface area contributed by atoms with Crippen molar-refractivity contribution in [2.75, 3.05) is 0 Å². The fourth-order valence-electron chi connectivity index (χ4n) is 3.10. The third kappa shape index (κ3) is 2.18. The number of imidazole rings is 1. The molecule has 27 heavy (non-hydrogen) atoms. The van der Waals surface area contributed by atoms with Crippen molar-refractivity contribution in [1.29, 1.82) is 0 Å². The minimum atomic E-state index is 0.631. The fraction of sp³-hybridized carbons (Fsp3) is 0. The van der Waals surface area contributed by atoms with Crippen LogP contribution in [0.4, 0.5) is 0 Å². The van der Waals surface area contributed by atoms with Gasteiger partial charge in [0.2, 0.25) is 0 Å². The first-order valence-corrected chi connectivity index (χ1v) is 8.30. The molecule has 0 saturated carbocycles. The number of fused-ring (bicyclic) bond motifs is 3. The van der Waals surface area contributed by atoms with Gasteiger partial charge in [-0.2, -0.15) is 0 Å². The summed E-state index contributed by atoms with van der Waals surface area (Å²) in [5.74, 6) is 1.40. The van der Waals surface area contributed by atoms with Crippen molar-refractivity contribution in [1.82, 2.24) is 44.1 Å². The summed E-state index contributed by atoms with van der Waals surface area (Å²) >= 11 is 0. The average Bonchev–Trinajstić information content (AvgIpc) is 3.42. The average molecular weight is 353 g/mol. The Bertz CT molecular complexity index is 1410. The molecule has 0 aromatic carbocycles. The molecule has 0 saturated heterocycles. The van der Waals surface area contributed by atoms with E-state index in [2.05, 4.69) is 35.2 Å². The summed E-state index contributed by atoms with van der Waals surface area (Å²) < 4.78 is 3.59. The molecule has 6 aromatic heterocycles. The molecule has 1 N–H and O–H groups in total. The van der Waals surface area contributed by atoms with Crippen LogP contribution in [-0.2, 0) is 0 Å². The maximum absolute atomic E-state index is 4.65. The lowest BCUT2D eigenvalue weighted by molar-refractivity contribution is 0.965. The maximum atomic E-state index is 4.65. The summed E-state index contributed by atoms with van der Waals surface area (Å²) in [5.41, 5.74) is 5.09. The van der Waals surface area contributed by atoms with Gasteiger partial charge >= 0.3 is 0 Å². The van der Waals surface area contributed by atoms with Gasteiger partial charge in [0.05, 0.1) is 17.2 Å². The Kier molecular flexibility index (Phi) is 2.70. The summed E-state index contributed by atoms with van der Waals surface area (Å²) in [7, 11) is 0. The molecule has 0 aliphatic carbocycles. The lowest BCUT2D eigenvalue weighted by atomic mass is 10.2.